The first-order chi connectivity index (χ1) is 15.7. The van der Waals surface area contributed by atoms with Crippen LogP contribution in [-0.4, -0.2) is 40.3 Å². The van der Waals surface area contributed by atoms with E-state index in [0.29, 0.717) is 29.6 Å². The summed E-state index contributed by atoms with van der Waals surface area (Å²) in [6, 6.07) is 7.14. The molecule has 0 spiro atoms. The molecule has 0 radical (unpaired) electrons. The number of pyridine rings is 1. The minimum absolute atomic E-state index is 0.205. The maximum absolute atomic E-state index is 14.7. The van der Waals surface area contributed by atoms with Crippen molar-refractivity contribution in [3.05, 3.63) is 65.8 Å². The Kier molecular flexibility index (Phi) is 3.42. The highest BCUT2D eigenvalue weighted by molar-refractivity contribution is 5.85. The van der Waals surface area contributed by atoms with Crippen LogP contribution in [0.3, 0.4) is 0 Å². The van der Waals surface area contributed by atoms with Crippen molar-refractivity contribution in [2.75, 3.05) is 5.32 Å². The molecular weight excluding hydrogens is 411 g/mol. The van der Waals surface area contributed by atoms with Crippen molar-refractivity contribution in [3.63, 3.8) is 0 Å². The highest BCUT2D eigenvalue weighted by Gasteiger charge is 2.49. The van der Waals surface area contributed by atoms with Gasteiger partial charge in [-0.3, -0.25) is 4.40 Å². The van der Waals surface area contributed by atoms with Gasteiger partial charge in [0.15, 0.2) is 11.3 Å². The molecule has 5 heterocycles. The first kappa shape index (κ1) is 17.6. The zero-order chi connectivity index (χ0) is 21.4. The molecule has 1 aliphatic carbocycles. The number of hydrogen-bond donors (Lipinski definition) is 1. The highest BCUT2D eigenvalue weighted by atomic mass is 19.1. The van der Waals surface area contributed by atoms with Crippen LogP contribution in [0.4, 0.5) is 10.3 Å². The molecular formula is C22H17FN8O. The van der Waals surface area contributed by atoms with E-state index in [1.165, 1.54) is 12.4 Å². The molecule has 7 rings (SSSR count). The lowest BCUT2D eigenvalue weighted by Crippen LogP contribution is -2.10. The van der Waals surface area contributed by atoms with Gasteiger partial charge in [0.25, 0.3) is 0 Å². The largest absolute Gasteiger partial charge is 0.489 e. The average molecular weight is 428 g/mol. The van der Waals surface area contributed by atoms with Gasteiger partial charge < -0.3 is 10.1 Å². The molecule has 0 amide bonds. The van der Waals surface area contributed by atoms with E-state index in [1.807, 2.05) is 19.1 Å². The Labute approximate surface area is 180 Å². The van der Waals surface area contributed by atoms with E-state index in [9.17, 15) is 4.39 Å². The van der Waals surface area contributed by atoms with Gasteiger partial charge in [0.1, 0.15) is 30.3 Å². The predicted octanol–water partition coefficient (Wildman–Crippen LogP) is 3.14. The number of benzene rings is 1. The van der Waals surface area contributed by atoms with Gasteiger partial charge in [-0.25, -0.2) is 18.9 Å². The molecule has 9 nitrogen and oxygen atoms in total. The molecule has 1 aromatic carbocycles. The van der Waals surface area contributed by atoms with Crippen LogP contribution in [0.5, 0.6) is 5.75 Å². The Morgan fingerprint density at radius 2 is 2.09 bits per heavy atom. The molecule has 2 atom stereocenters. The second-order valence-corrected chi connectivity index (χ2v) is 8.19. The summed E-state index contributed by atoms with van der Waals surface area (Å²) in [5.41, 5.74) is 5.57. The van der Waals surface area contributed by atoms with E-state index in [1.54, 1.807) is 27.5 Å². The molecule has 5 aromatic rings. The maximum atomic E-state index is 14.7. The van der Waals surface area contributed by atoms with E-state index in [4.69, 9.17) is 4.74 Å². The summed E-state index contributed by atoms with van der Waals surface area (Å²) in [7, 11) is 0. The third-order valence-electron chi connectivity index (χ3n) is 6.30. The van der Waals surface area contributed by atoms with Crippen molar-refractivity contribution in [1.29, 1.82) is 0 Å². The SMILES string of the molecule is Cc1ccc(-c2cnc(NCc3c(F)ccc4c3[C@H]3CC3O4)n3cnnc23)c2ncnn12. The van der Waals surface area contributed by atoms with E-state index in [0.717, 1.165) is 40.2 Å². The number of aromatic nitrogens is 7. The molecule has 1 fully saturated rings. The number of hydrogen-bond acceptors (Lipinski definition) is 7. The van der Waals surface area contributed by atoms with Gasteiger partial charge in [-0.05, 0) is 37.6 Å². The summed E-state index contributed by atoms with van der Waals surface area (Å²) in [6.45, 7) is 2.26. The Morgan fingerprint density at radius 3 is 3.03 bits per heavy atom. The molecule has 1 saturated carbocycles. The second kappa shape index (κ2) is 6.22. The van der Waals surface area contributed by atoms with Crippen molar-refractivity contribution >= 4 is 17.2 Å². The van der Waals surface area contributed by atoms with Gasteiger partial charge >= 0.3 is 0 Å². The summed E-state index contributed by atoms with van der Waals surface area (Å²) < 4.78 is 24.0. The zero-order valence-corrected chi connectivity index (χ0v) is 17.0. The fourth-order valence-corrected chi connectivity index (χ4v) is 4.62. The van der Waals surface area contributed by atoms with Gasteiger partial charge in [-0.2, -0.15) is 5.10 Å². The Hall–Kier alpha value is -4.08. The standard InChI is InChI=1S/C22H17FN8O/c1-11-2-3-12(20-26-9-28-31(11)20)14-7-24-22(30-10-27-29-21(14)30)25-8-15-16(23)4-5-17-19(15)13-6-18(13)32-17/h2-5,7,9-10,13,18H,6,8H2,1H3,(H,24,25)/t13-,18?/m0/s1. The number of anilines is 1. The zero-order valence-electron chi connectivity index (χ0n) is 17.0. The lowest BCUT2D eigenvalue weighted by Gasteiger charge is -2.14. The molecule has 2 aliphatic rings. The Bertz CT molecular complexity index is 1540. The molecule has 32 heavy (non-hydrogen) atoms. The van der Waals surface area contributed by atoms with Gasteiger partial charge in [0, 0.05) is 46.6 Å². The van der Waals surface area contributed by atoms with Crippen molar-refractivity contribution in [2.45, 2.75) is 31.9 Å². The molecule has 1 N–H and O–H groups in total. The topological polar surface area (TPSA) is 94.5 Å². The molecule has 1 aliphatic heterocycles. The number of ether oxygens (including phenoxy) is 1. The number of nitrogens with one attached hydrogen (secondary N) is 1. The lowest BCUT2D eigenvalue weighted by molar-refractivity contribution is 0.318. The first-order valence-electron chi connectivity index (χ1n) is 10.4. The minimum Gasteiger partial charge on any atom is -0.489 e. The monoisotopic (exact) mass is 428 g/mol. The van der Waals surface area contributed by atoms with E-state index < -0.39 is 0 Å². The van der Waals surface area contributed by atoms with Crippen molar-refractivity contribution < 1.29 is 9.13 Å². The third-order valence-corrected chi connectivity index (χ3v) is 6.30. The summed E-state index contributed by atoms with van der Waals surface area (Å²) in [4.78, 5) is 8.99. The van der Waals surface area contributed by atoms with E-state index >= 15 is 0 Å². The summed E-state index contributed by atoms with van der Waals surface area (Å²) in [6.07, 6.45) is 6.01. The van der Waals surface area contributed by atoms with Crippen LogP contribution in [0.25, 0.3) is 22.4 Å². The Morgan fingerprint density at radius 1 is 1.16 bits per heavy atom. The molecule has 0 bridgehead atoms. The van der Waals surface area contributed by atoms with Gasteiger partial charge in [0.2, 0.25) is 5.95 Å². The number of rotatable bonds is 4. The fourth-order valence-electron chi connectivity index (χ4n) is 4.62. The Balaban J connectivity index is 1.28. The minimum atomic E-state index is -0.238. The van der Waals surface area contributed by atoms with Crippen molar-refractivity contribution in [2.24, 2.45) is 0 Å². The van der Waals surface area contributed by atoms with Crippen LogP contribution < -0.4 is 10.1 Å². The molecule has 0 saturated heterocycles. The molecule has 10 heteroatoms. The quantitative estimate of drug-likeness (QED) is 0.470. The second-order valence-electron chi connectivity index (χ2n) is 8.19. The lowest BCUT2D eigenvalue weighted by atomic mass is 10.0. The third kappa shape index (κ3) is 2.40. The normalized spacial score (nSPS) is 18.6. The van der Waals surface area contributed by atoms with Crippen LogP contribution >= 0.6 is 0 Å². The van der Waals surface area contributed by atoms with Crippen LogP contribution in [0.1, 0.15) is 29.2 Å². The average Bonchev–Trinajstić information content (AvgIpc) is 3.21. The molecule has 4 aromatic heterocycles. The van der Waals surface area contributed by atoms with Gasteiger partial charge in [-0.15, -0.1) is 10.2 Å². The van der Waals surface area contributed by atoms with Crippen LogP contribution in [0.2, 0.25) is 0 Å². The predicted molar refractivity (Wildman–Crippen MR) is 113 cm³/mol. The van der Waals surface area contributed by atoms with E-state index in [2.05, 4.69) is 30.6 Å². The molecule has 1 unspecified atom stereocenters. The highest BCUT2D eigenvalue weighted by Crippen LogP contribution is 2.55. The number of fused-ring (bicyclic) bond motifs is 5. The van der Waals surface area contributed by atoms with Crippen molar-refractivity contribution in [1.82, 2.24) is 34.2 Å². The maximum Gasteiger partial charge on any atom is 0.210 e. The smallest absolute Gasteiger partial charge is 0.210 e. The summed E-state index contributed by atoms with van der Waals surface area (Å²) >= 11 is 0. The summed E-state index contributed by atoms with van der Waals surface area (Å²) in [5.74, 6) is 1.38. The number of aryl methyl sites for hydroxylation is 1. The van der Waals surface area contributed by atoms with Crippen LogP contribution in [0, 0.1) is 12.7 Å². The van der Waals surface area contributed by atoms with E-state index in [-0.39, 0.29) is 11.9 Å². The van der Waals surface area contributed by atoms with Crippen LogP contribution in [0.15, 0.2) is 43.1 Å². The van der Waals surface area contributed by atoms with Crippen LogP contribution in [-0.2, 0) is 6.54 Å². The summed E-state index contributed by atoms with van der Waals surface area (Å²) in [5, 5.41) is 15.9. The van der Waals surface area contributed by atoms with Crippen molar-refractivity contribution in [3.8, 4) is 16.9 Å². The number of nitrogens with zero attached hydrogens (tertiary/aromatic N) is 7. The fraction of sp³-hybridized carbons (Fsp3) is 0.227. The van der Waals surface area contributed by atoms with Gasteiger partial charge in [-0.1, -0.05) is 0 Å². The first-order valence-corrected chi connectivity index (χ1v) is 10.4. The molecule has 158 valence electrons. The number of halogens is 1. The van der Waals surface area contributed by atoms with Gasteiger partial charge in [0.05, 0.1) is 0 Å².